The van der Waals surface area contributed by atoms with E-state index in [4.69, 9.17) is 9.84 Å². The fourth-order valence-corrected chi connectivity index (χ4v) is 6.63. The van der Waals surface area contributed by atoms with Gasteiger partial charge in [0.05, 0.1) is 17.0 Å². The van der Waals surface area contributed by atoms with Gasteiger partial charge in [-0.3, -0.25) is 14.5 Å². The Labute approximate surface area is 192 Å². The first-order chi connectivity index (χ1) is 15.5. The zero-order valence-electron chi connectivity index (χ0n) is 19.2. The number of hydrogen-bond acceptors (Lipinski definition) is 6. The van der Waals surface area contributed by atoms with Crippen LogP contribution in [0.15, 0.2) is 36.5 Å². The Balaban J connectivity index is 1.73. The Morgan fingerprint density at radius 2 is 2.00 bits per heavy atom. The molecule has 1 unspecified atom stereocenters. The SMILES string of the molecule is CC[C@@H](C)n1nc(-c2cccc(OC(C)F)c2)c2ncc(C(=O)CC3(C)CS(=O)(=O)C3)cc21. The van der Waals surface area contributed by atoms with Crippen molar-refractivity contribution in [1.82, 2.24) is 14.8 Å². The summed E-state index contributed by atoms with van der Waals surface area (Å²) in [6, 6.07) is 8.88. The summed E-state index contributed by atoms with van der Waals surface area (Å²) < 4.78 is 43.6. The molecule has 0 N–H and O–H groups in total. The van der Waals surface area contributed by atoms with Crippen LogP contribution in [0.4, 0.5) is 4.39 Å². The molecule has 1 aliphatic heterocycles. The lowest BCUT2D eigenvalue weighted by atomic mass is 9.86. The van der Waals surface area contributed by atoms with E-state index in [1.54, 1.807) is 24.3 Å². The number of Topliss-reactive ketones (excluding diaryl/α,β-unsaturated/α-hetero) is 1. The molecule has 3 heterocycles. The van der Waals surface area contributed by atoms with Crippen LogP contribution >= 0.6 is 0 Å². The number of carbonyl (C=O) groups is 1. The highest BCUT2D eigenvalue weighted by Crippen LogP contribution is 2.37. The Hall–Kier alpha value is -2.81. The predicted octanol–water partition coefficient (Wildman–Crippen LogP) is 4.77. The molecule has 1 aliphatic rings. The number of fused-ring (bicyclic) bond motifs is 1. The number of pyridine rings is 1. The molecule has 0 aliphatic carbocycles. The van der Waals surface area contributed by atoms with Gasteiger partial charge >= 0.3 is 0 Å². The van der Waals surface area contributed by atoms with Crippen molar-refractivity contribution in [3.8, 4) is 17.0 Å². The molecule has 0 saturated carbocycles. The number of rotatable bonds is 8. The van der Waals surface area contributed by atoms with Crippen LogP contribution in [-0.4, -0.2) is 46.8 Å². The number of ether oxygens (including phenoxy) is 1. The third kappa shape index (κ3) is 4.78. The van der Waals surface area contributed by atoms with E-state index in [0.29, 0.717) is 22.5 Å². The fourth-order valence-electron chi connectivity index (χ4n) is 4.39. The van der Waals surface area contributed by atoms with Crippen LogP contribution in [0.25, 0.3) is 22.3 Å². The molecule has 7 nitrogen and oxygen atoms in total. The molecule has 2 aromatic heterocycles. The Morgan fingerprint density at radius 3 is 2.64 bits per heavy atom. The third-order valence-corrected chi connectivity index (χ3v) is 8.28. The predicted molar refractivity (Wildman–Crippen MR) is 125 cm³/mol. The summed E-state index contributed by atoms with van der Waals surface area (Å²) >= 11 is 0. The van der Waals surface area contributed by atoms with Crippen molar-refractivity contribution in [2.45, 2.75) is 52.9 Å². The van der Waals surface area contributed by atoms with Gasteiger partial charge in [0.2, 0.25) is 6.36 Å². The number of nitrogens with zero attached hydrogens (tertiary/aromatic N) is 3. The highest BCUT2D eigenvalue weighted by Gasteiger charge is 2.45. The van der Waals surface area contributed by atoms with Gasteiger partial charge < -0.3 is 4.74 Å². The molecule has 4 rings (SSSR count). The quantitative estimate of drug-likeness (QED) is 0.438. The maximum absolute atomic E-state index is 13.3. The van der Waals surface area contributed by atoms with Crippen LogP contribution in [0.2, 0.25) is 0 Å². The molecule has 33 heavy (non-hydrogen) atoms. The largest absolute Gasteiger partial charge is 0.461 e. The van der Waals surface area contributed by atoms with Gasteiger partial charge in [0.15, 0.2) is 15.6 Å². The van der Waals surface area contributed by atoms with Crippen molar-refractivity contribution < 1.29 is 22.3 Å². The average molecular weight is 474 g/mol. The molecule has 1 fully saturated rings. The topological polar surface area (TPSA) is 91.2 Å². The lowest BCUT2D eigenvalue weighted by molar-refractivity contribution is 0.0860. The van der Waals surface area contributed by atoms with Gasteiger partial charge in [-0.1, -0.05) is 26.0 Å². The molecule has 9 heteroatoms. The normalized spacial score (nSPS) is 18.5. The maximum Gasteiger partial charge on any atom is 0.235 e. The molecule has 176 valence electrons. The maximum atomic E-state index is 13.3. The molecule has 1 saturated heterocycles. The van der Waals surface area contributed by atoms with Crippen molar-refractivity contribution in [1.29, 1.82) is 0 Å². The van der Waals surface area contributed by atoms with E-state index in [-0.39, 0.29) is 29.8 Å². The minimum absolute atomic E-state index is 0.0340. The Bertz CT molecular complexity index is 1300. The Morgan fingerprint density at radius 1 is 1.27 bits per heavy atom. The smallest absolute Gasteiger partial charge is 0.235 e. The van der Waals surface area contributed by atoms with E-state index in [1.165, 1.54) is 13.1 Å². The summed E-state index contributed by atoms with van der Waals surface area (Å²) in [7, 11) is -3.03. The highest BCUT2D eigenvalue weighted by atomic mass is 32.2. The van der Waals surface area contributed by atoms with Crippen molar-refractivity contribution in [3.63, 3.8) is 0 Å². The molecule has 3 aromatic rings. The number of ketones is 1. The van der Waals surface area contributed by atoms with E-state index >= 15 is 0 Å². The standard InChI is InChI=1S/C24H28FN3O4S/c1-5-15(2)28-20-10-18(21(29)11-24(4)13-33(30,31)14-24)12-26-23(20)22(27-28)17-7-6-8-19(9-17)32-16(3)25/h6-10,12,15-16H,5,11,13-14H2,1-4H3/t15-,16?/m1/s1. The summed E-state index contributed by atoms with van der Waals surface area (Å²) in [5.41, 5.74) is 2.63. The average Bonchev–Trinajstić information content (AvgIpc) is 3.10. The van der Waals surface area contributed by atoms with Gasteiger partial charge in [0.1, 0.15) is 17.0 Å². The first kappa shape index (κ1) is 23.4. The number of sulfone groups is 1. The van der Waals surface area contributed by atoms with Crippen LogP contribution in [0.3, 0.4) is 0 Å². The van der Waals surface area contributed by atoms with Crippen molar-refractivity contribution in [3.05, 3.63) is 42.1 Å². The fraction of sp³-hybridized carbons (Fsp3) is 0.458. The second-order valence-electron chi connectivity index (χ2n) is 9.27. The van der Waals surface area contributed by atoms with Crippen molar-refractivity contribution >= 4 is 26.7 Å². The van der Waals surface area contributed by atoms with E-state index in [2.05, 4.69) is 11.9 Å². The van der Waals surface area contributed by atoms with Gasteiger partial charge in [0, 0.05) is 42.1 Å². The van der Waals surface area contributed by atoms with E-state index < -0.39 is 21.6 Å². The molecular formula is C24H28FN3O4S. The number of benzene rings is 1. The third-order valence-electron chi connectivity index (χ3n) is 6.01. The molecule has 0 amide bonds. The summed E-state index contributed by atoms with van der Waals surface area (Å²) in [6.45, 7) is 7.23. The molecule has 2 atom stereocenters. The van der Waals surface area contributed by atoms with E-state index in [1.807, 2.05) is 24.6 Å². The molecule has 0 spiro atoms. The second kappa shape index (κ2) is 8.52. The summed E-state index contributed by atoms with van der Waals surface area (Å²) in [6.07, 6.45) is 1.07. The monoisotopic (exact) mass is 473 g/mol. The molecule has 0 radical (unpaired) electrons. The highest BCUT2D eigenvalue weighted by molar-refractivity contribution is 7.92. The summed E-state index contributed by atoms with van der Waals surface area (Å²) in [5.74, 6) is 0.329. The number of carbonyl (C=O) groups excluding carboxylic acids is 1. The van der Waals surface area contributed by atoms with Crippen LogP contribution in [0.5, 0.6) is 5.75 Å². The number of aromatic nitrogens is 3. The number of alkyl halides is 1. The minimum Gasteiger partial charge on any atom is -0.461 e. The van der Waals surface area contributed by atoms with Crippen molar-refractivity contribution in [2.24, 2.45) is 5.41 Å². The van der Waals surface area contributed by atoms with Gasteiger partial charge in [-0.2, -0.15) is 5.10 Å². The summed E-state index contributed by atoms with van der Waals surface area (Å²) in [5, 5.41) is 4.79. The van der Waals surface area contributed by atoms with E-state index in [0.717, 1.165) is 17.5 Å². The zero-order valence-corrected chi connectivity index (χ0v) is 20.0. The molecule has 1 aromatic carbocycles. The Kier molecular flexibility index (Phi) is 6.03. The number of halogens is 1. The van der Waals surface area contributed by atoms with Crippen LogP contribution in [0, 0.1) is 5.41 Å². The van der Waals surface area contributed by atoms with Gasteiger partial charge in [-0.25, -0.2) is 12.8 Å². The van der Waals surface area contributed by atoms with Crippen LogP contribution in [-0.2, 0) is 9.84 Å². The van der Waals surface area contributed by atoms with Crippen LogP contribution in [0.1, 0.15) is 56.9 Å². The lowest BCUT2D eigenvalue weighted by Gasteiger charge is -2.37. The van der Waals surface area contributed by atoms with Gasteiger partial charge in [-0.15, -0.1) is 0 Å². The first-order valence-electron chi connectivity index (χ1n) is 11.0. The minimum atomic E-state index is -3.03. The van der Waals surface area contributed by atoms with Gasteiger partial charge in [-0.05, 0) is 31.5 Å². The first-order valence-corrected chi connectivity index (χ1v) is 12.9. The van der Waals surface area contributed by atoms with Gasteiger partial charge in [0.25, 0.3) is 0 Å². The molecule has 0 bridgehead atoms. The number of hydrogen-bond donors (Lipinski definition) is 0. The molecular weight excluding hydrogens is 445 g/mol. The lowest BCUT2D eigenvalue weighted by Crippen LogP contribution is -2.47. The summed E-state index contributed by atoms with van der Waals surface area (Å²) in [4.78, 5) is 17.5. The zero-order chi connectivity index (χ0) is 24.0. The van der Waals surface area contributed by atoms with E-state index in [9.17, 15) is 17.6 Å². The van der Waals surface area contributed by atoms with Crippen molar-refractivity contribution in [2.75, 3.05) is 11.5 Å². The second-order valence-corrected chi connectivity index (χ2v) is 11.3. The van der Waals surface area contributed by atoms with Crippen LogP contribution < -0.4 is 4.74 Å².